The second-order valence-electron chi connectivity index (χ2n) is 5.57. The maximum absolute atomic E-state index is 12.4. The summed E-state index contributed by atoms with van der Waals surface area (Å²) in [7, 11) is 0. The van der Waals surface area contributed by atoms with Crippen LogP contribution in [0, 0.1) is 6.92 Å². The zero-order valence-electron chi connectivity index (χ0n) is 13.1. The van der Waals surface area contributed by atoms with Gasteiger partial charge >= 0.3 is 0 Å². The molecule has 0 aliphatic rings. The number of aryl methyl sites for hydroxylation is 1. The van der Waals surface area contributed by atoms with E-state index in [0.717, 1.165) is 22.4 Å². The number of hydrogen-bond acceptors (Lipinski definition) is 2. The summed E-state index contributed by atoms with van der Waals surface area (Å²) < 4.78 is 1.93. The third kappa shape index (κ3) is 3.37. The molecule has 23 heavy (non-hydrogen) atoms. The van der Waals surface area contributed by atoms with Crippen molar-refractivity contribution in [1.82, 2.24) is 14.9 Å². The summed E-state index contributed by atoms with van der Waals surface area (Å²) in [6.07, 6.45) is 0. The Hall–Kier alpha value is -2.33. The van der Waals surface area contributed by atoms with Crippen molar-refractivity contribution in [2.75, 3.05) is 0 Å². The van der Waals surface area contributed by atoms with Crippen molar-refractivity contribution in [3.63, 3.8) is 0 Å². The van der Waals surface area contributed by atoms with Gasteiger partial charge in [-0.05, 0) is 43.7 Å². The molecule has 4 nitrogen and oxygen atoms in total. The molecule has 3 aromatic rings. The SMILES string of the molecule is Cc1nc2ccccc2n1CC(=O)NC(C)c1ccc(Cl)cc1. The zero-order valence-corrected chi connectivity index (χ0v) is 13.8. The van der Waals surface area contributed by atoms with Crippen LogP contribution in [-0.4, -0.2) is 15.5 Å². The molecule has 0 spiro atoms. The van der Waals surface area contributed by atoms with Gasteiger partial charge in [0.05, 0.1) is 17.1 Å². The third-order valence-corrected chi connectivity index (χ3v) is 4.15. The van der Waals surface area contributed by atoms with Gasteiger partial charge < -0.3 is 9.88 Å². The Balaban J connectivity index is 1.73. The molecule has 3 rings (SSSR count). The molecule has 1 unspecified atom stereocenters. The summed E-state index contributed by atoms with van der Waals surface area (Å²) in [5.41, 5.74) is 2.90. The van der Waals surface area contributed by atoms with E-state index < -0.39 is 0 Å². The summed E-state index contributed by atoms with van der Waals surface area (Å²) in [6.45, 7) is 4.13. The lowest BCUT2D eigenvalue weighted by Crippen LogP contribution is -2.30. The van der Waals surface area contributed by atoms with Crippen molar-refractivity contribution >= 4 is 28.5 Å². The quantitative estimate of drug-likeness (QED) is 0.790. The van der Waals surface area contributed by atoms with Gasteiger partial charge in [-0.3, -0.25) is 4.79 Å². The number of rotatable bonds is 4. The van der Waals surface area contributed by atoms with E-state index in [0.29, 0.717) is 5.02 Å². The number of para-hydroxylation sites is 2. The second-order valence-corrected chi connectivity index (χ2v) is 6.01. The maximum Gasteiger partial charge on any atom is 0.240 e. The average Bonchev–Trinajstić information content (AvgIpc) is 2.84. The fourth-order valence-electron chi connectivity index (χ4n) is 2.66. The first-order chi connectivity index (χ1) is 11.0. The highest BCUT2D eigenvalue weighted by Crippen LogP contribution is 2.17. The van der Waals surface area contributed by atoms with E-state index in [2.05, 4.69) is 10.3 Å². The van der Waals surface area contributed by atoms with Crippen LogP contribution in [0.25, 0.3) is 11.0 Å². The van der Waals surface area contributed by atoms with Crippen molar-refractivity contribution in [2.45, 2.75) is 26.4 Å². The summed E-state index contributed by atoms with van der Waals surface area (Å²) in [6, 6.07) is 15.2. The Morgan fingerprint density at radius 3 is 2.65 bits per heavy atom. The highest BCUT2D eigenvalue weighted by Gasteiger charge is 2.13. The van der Waals surface area contributed by atoms with E-state index in [1.807, 2.05) is 66.9 Å². The number of carbonyl (C=O) groups excluding carboxylic acids is 1. The Labute approximate surface area is 140 Å². The van der Waals surface area contributed by atoms with Crippen LogP contribution in [0.15, 0.2) is 48.5 Å². The van der Waals surface area contributed by atoms with Crippen molar-refractivity contribution in [1.29, 1.82) is 0 Å². The number of nitrogens with one attached hydrogen (secondary N) is 1. The van der Waals surface area contributed by atoms with Crippen molar-refractivity contribution in [3.8, 4) is 0 Å². The predicted octanol–water partition coefficient (Wildman–Crippen LogP) is 3.88. The monoisotopic (exact) mass is 327 g/mol. The number of amides is 1. The Morgan fingerprint density at radius 2 is 1.91 bits per heavy atom. The largest absolute Gasteiger partial charge is 0.348 e. The number of carbonyl (C=O) groups is 1. The molecule has 1 N–H and O–H groups in total. The molecule has 1 atom stereocenters. The minimum atomic E-state index is -0.0742. The van der Waals surface area contributed by atoms with E-state index in [9.17, 15) is 4.79 Å². The van der Waals surface area contributed by atoms with Crippen LogP contribution in [0.4, 0.5) is 0 Å². The molecule has 0 aliphatic carbocycles. The molecule has 1 heterocycles. The molecule has 5 heteroatoms. The van der Waals surface area contributed by atoms with E-state index >= 15 is 0 Å². The third-order valence-electron chi connectivity index (χ3n) is 3.89. The van der Waals surface area contributed by atoms with Gasteiger partial charge in [-0.1, -0.05) is 35.9 Å². The highest BCUT2D eigenvalue weighted by atomic mass is 35.5. The number of hydrogen-bond donors (Lipinski definition) is 1. The first-order valence-electron chi connectivity index (χ1n) is 7.51. The smallest absolute Gasteiger partial charge is 0.240 e. The summed E-state index contributed by atoms with van der Waals surface area (Å²) in [4.78, 5) is 16.9. The lowest BCUT2D eigenvalue weighted by molar-refractivity contribution is -0.122. The molecule has 0 saturated heterocycles. The molecule has 0 saturated carbocycles. The average molecular weight is 328 g/mol. The molecule has 0 bridgehead atoms. The van der Waals surface area contributed by atoms with Crippen LogP contribution in [0.2, 0.25) is 5.02 Å². The molecule has 0 fully saturated rings. The van der Waals surface area contributed by atoms with E-state index in [-0.39, 0.29) is 18.5 Å². The van der Waals surface area contributed by atoms with E-state index in [1.165, 1.54) is 0 Å². The summed E-state index contributed by atoms with van der Waals surface area (Å²) >= 11 is 5.89. The van der Waals surface area contributed by atoms with E-state index in [4.69, 9.17) is 11.6 Å². The predicted molar refractivity (Wildman–Crippen MR) is 92.5 cm³/mol. The van der Waals surface area contributed by atoms with Gasteiger partial charge in [-0.2, -0.15) is 0 Å². The standard InChI is InChI=1S/C18H18ClN3O/c1-12(14-7-9-15(19)10-8-14)20-18(23)11-22-13(2)21-16-5-3-4-6-17(16)22/h3-10,12H,11H2,1-2H3,(H,20,23). The molecule has 0 radical (unpaired) electrons. The number of aromatic nitrogens is 2. The molecular weight excluding hydrogens is 310 g/mol. The number of benzene rings is 2. The van der Waals surface area contributed by atoms with Crippen LogP contribution >= 0.6 is 11.6 Å². The normalized spacial score (nSPS) is 12.3. The van der Waals surface area contributed by atoms with Crippen LogP contribution in [0.5, 0.6) is 0 Å². The molecular formula is C18H18ClN3O. The Kier molecular flexibility index (Phi) is 4.35. The lowest BCUT2D eigenvalue weighted by Gasteiger charge is -2.15. The summed E-state index contributed by atoms with van der Waals surface area (Å²) in [5.74, 6) is 0.791. The number of nitrogens with zero attached hydrogens (tertiary/aromatic N) is 2. The Morgan fingerprint density at radius 1 is 1.22 bits per heavy atom. The molecule has 1 amide bonds. The minimum Gasteiger partial charge on any atom is -0.348 e. The topological polar surface area (TPSA) is 46.9 Å². The van der Waals surface area contributed by atoms with Gasteiger partial charge in [0, 0.05) is 5.02 Å². The molecule has 2 aromatic carbocycles. The number of imidazole rings is 1. The molecule has 0 aliphatic heterocycles. The fraction of sp³-hybridized carbons (Fsp3) is 0.222. The number of fused-ring (bicyclic) bond motifs is 1. The molecule has 1 aromatic heterocycles. The number of halogens is 1. The highest BCUT2D eigenvalue weighted by molar-refractivity contribution is 6.30. The first-order valence-corrected chi connectivity index (χ1v) is 7.89. The van der Waals surface area contributed by atoms with Crippen molar-refractivity contribution in [2.24, 2.45) is 0 Å². The minimum absolute atomic E-state index is 0.0429. The van der Waals surface area contributed by atoms with Crippen LogP contribution in [-0.2, 0) is 11.3 Å². The van der Waals surface area contributed by atoms with Crippen molar-refractivity contribution in [3.05, 3.63) is 64.9 Å². The van der Waals surface area contributed by atoms with Gasteiger partial charge in [0.2, 0.25) is 5.91 Å². The van der Waals surface area contributed by atoms with Crippen LogP contribution < -0.4 is 5.32 Å². The summed E-state index contributed by atoms with van der Waals surface area (Å²) in [5, 5.41) is 3.70. The maximum atomic E-state index is 12.4. The lowest BCUT2D eigenvalue weighted by atomic mass is 10.1. The van der Waals surface area contributed by atoms with Crippen LogP contribution in [0.3, 0.4) is 0 Å². The zero-order chi connectivity index (χ0) is 16.4. The fourth-order valence-corrected chi connectivity index (χ4v) is 2.79. The van der Waals surface area contributed by atoms with Crippen molar-refractivity contribution < 1.29 is 4.79 Å². The van der Waals surface area contributed by atoms with Gasteiger partial charge in [0.1, 0.15) is 12.4 Å². The van der Waals surface area contributed by atoms with Crippen LogP contribution in [0.1, 0.15) is 24.4 Å². The first kappa shape index (κ1) is 15.6. The second kappa shape index (κ2) is 6.42. The van der Waals surface area contributed by atoms with Gasteiger partial charge in [0.15, 0.2) is 0 Å². The Bertz CT molecular complexity index is 839. The van der Waals surface area contributed by atoms with Gasteiger partial charge in [-0.25, -0.2) is 4.98 Å². The van der Waals surface area contributed by atoms with Gasteiger partial charge in [-0.15, -0.1) is 0 Å². The van der Waals surface area contributed by atoms with E-state index in [1.54, 1.807) is 0 Å². The van der Waals surface area contributed by atoms with Gasteiger partial charge in [0.25, 0.3) is 0 Å². The molecule has 118 valence electrons.